The zero-order valence-corrected chi connectivity index (χ0v) is 28.1. The Hall–Kier alpha value is -3.77. The molecule has 1 amide bonds. The van der Waals surface area contributed by atoms with Crippen molar-refractivity contribution in [2.75, 3.05) is 20.2 Å². The third kappa shape index (κ3) is 7.29. The van der Waals surface area contributed by atoms with Gasteiger partial charge in [0.25, 0.3) is 5.92 Å². The van der Waals surface area contributed by atoms with Crippen LogP contribution in [0.25, 0.3) is 21.9 Å². The number of nitrogens with zero attached hydrogens (tertiary/aromatic N) is 1. The fourth-order valence-electron chi connectivity index (χ4n) is 6.38. The molecule has 4 aromatic carbocycles. The standard InChI is InChI=1S/C36H38ClF2N3O5S/c1-46-33-22-26(10-15-32(33)23-6-11-27(37)12-7-23)36(38,39)34(35(43)42-18-16-28(40)17-19-42)41-48(44,45)31-14-9-24-20-30(13-8-25(24)21-31)47-29-4-2-3-5-29/h6-15,20-22,28-29,34,41H,2-5,16-19,40H2,1H3/t34-/m1/s1. The largest absolute Gasteiger partial charge is 0.496 e. The van der Waals surface area contributed by atoms with E-state index in [4.69, 9.17) is 26.8 Å². The van der Waals surface area contributed by atoms with Crippen LogP contribution >= 0.6 is 11.6 Å². The van der Waals surface area contributed by atoms with Crippen molar-refractivity contribution in [3.8, 4) is 22.6 Å². The fraction of sp³-hybridized carbons (Fsp3) is 0.361. The second-order valence-electron chi connectivity index (χ2n) is 12.5. The topological polar surface area (TPSA) is 111 Å². The van der Waals surface area contributed by atoms with E-state index in [2.05, 4.69) is 4.72 Å². The molecule has 1 aliphatic heterocycles. The zero-order chi connectivity index (χ0) is 34.1. The SMILES string of the molecule is COc1cc(C(F)(F)[C@H](NS(=O)(=O)c2ccc3cc(OC4CCCC4)ccc3c2)C(=O)N2CCC(N)CC2)ccc1-c1ccc(Cl)cc1. The van der Waals surface area contributed by atoms with Gasteiger partial charge in [0.05, 0.1) is 18.1 Å². The number of amides is 1. The molecule has 2 aliphatic rings. The van der Waals surface area contributed by atoms with Crippen molar-refractivity contribution in [2.24, 2.45) is 5.73 Å². The molecule has 12 heteroatoms. The molecule has 1 heterocycles. The maximum absolute atomic E-state index is 16.6. The van der Waals surface area contributed by atoms with Crippen LogP contribution in [0, 0.1) is 0 Å². The molecule has 48 heavy (non-hydrogen) atoms. The van der Waals surface area contributed by atoms with Crippen LogP contribution in [0.3, 0.4) is 0 Å². The number of likely N-dealkylation sites (tertiary alicyclic amines) is 1. The third-order valence-corrected chi connectivity index (χ3v) is 10.8. The maximum Gasteiger partial charge on any atom is 0.298 e. The predicted molar refractivity (Wildman–Crippen MR) is 182 cm³/mol. The van der Waals surface area contributed by atoms with Gasteiger partial charge in [-0.3, -0.25) is 4.79 Å². The number of nitrogens with one attached hydrogen (secondary N) is 1. The summed E-state index contributed by atoms with van der Waals surface area (Å²) in [5.41, 5.74) is 6.62. The highest BCUT2D eigenvalue weighted by molar-refractivity contribution is 7.89. The van der Waals surface area contributed by atoms with Crippen molar-refractivity contribution in [3.63, 3.8) is 0 Å². The lowest BCUT2D eigenvalue weighted by Crippen LogP contribution is -2.58. The highest BCUT2D eigenvalue weighted by atomic mass is 35.5. The lowest BCUT2D eigenvalue weighted by Gasteiger charge is -2.35. The predicted octanol–water partition coefficient (Wildman–Crippen LogP) is 6.88. The Morgan fingerprint density at radius 1 is 0.938 bits per heavy atom. The monoisotopic (exact) mass is 697 g/mol. The normalized spacial score (nSPS) is 17.1. The van der Waals surface area contributed by atoms with Gasteiger partial charge in [-0.05, 0) is 97.3 Å². The molecule has 0 spiro atoms. The van der Waals surface area contributed by atoms with E-state index < -0.39 is 33.5 Å². The molecule has 6 rings (SSSR count). The first kappa shape index (κ1) is 34.1. The Kier molecular flexibility index (Phi) is 9.94. The average Bonchev–Trinajstić information content (AvgIpc) is 3.60. The molecule has 0 bridgehead atoms. The van der Waals surface area contributed by atoms with Crippen molar-refractivity contribution < 1.29 is 31.5 Å². The van der Waals surface area contributed by atoms with Crippen molar-refractivity contribution in [1.82, 2.24) is 9.62 Å². The van der Waals surface area contributed by atoms with E-state index in [0.29, 0.717) is 40.1 Å². The Labute approximate surface area is 284 Å². The first-order valence-corrected chi connectivity index (χ1v) is 17.9. The highest BCUT2D eigenvalue weighted by Crippen LogP contribution is 2.40. The van der Waals surface area contributed by atoms with Gasteiger partial charge in [0.1, 0.15) is 11.5 Å². The number of fused-ring (bicyclic) bond motifs is 1. The minimum absolute atomic E-state index is 0.123. The average molecular weight is 698 g/mol. The summed E-state index contributed by atoms with van der Waals surface area (Å²) in [5, 5.41) is 1.83. The molecule has 254 valence electrons. The zero-order valence-electron chi connectivity index (χ0n) is 26.5. The van der Waals surface area contributed by atoms with Gasteiger partial charge in [-0.2, -0.15) is 13.5 Å². The summed E-state index contributed by atoms with van der Waals surface area (Å²) in [6, 6.07) is 17.6. The Bertz CT molecular complexity index is 1890. The van der Waals surface area contributed by atoms with Crippen LogP contribution in [-0.4, -0.2) is 57.6 Å². The first-order chi connectivity index (χ1) is 22.9. The number of methoxy groups -OCH3 is 1. The summed E-state index contributed by atoms with van der Waals surface area (Å²) in [5.74, 6) is -4.20. The van der Waals surface area contributed by atoms with E-state index in [-0.39, 0.29) is 35.9 Å². The van der Waals surface area contributed by atoms with Crippen LogP contribution < -0.4 is 19.9 Å². The molecule has 1 saturated carbocycles. The van der Waals surface area contributed by atoms with Gasteiger partial charge in [0.2, 0.25) is 15.9 Å². The van der Waals surface area contributed by atoms with E-state index in [1.165, 1.54) is 36.3 Å². The number of ether oxygens (including phenoxy) is 2. The van der Waals surface area contributed by atoms with E-state index in [1.807, 2.05) is 6.07 Å². The van der Waals surface area contributed by atoms with Crippen LogP contribution in [0.1, 0.15) is 44.1 Å². The second-order valence-corrected chi connectivity index (χ2v) is 14.6. The lowest BCUT2D eigenvalue weighted by molar-refractivity contribution is -0.145. The molecule has 4 aromatic rings. The summed E-state index contributed by atoms with van der Waals surface area (Å²) in [6.07, 6.45) is 5.23. The summed E-state index contributed by atoms with van der Waals surface area (Å²) in [7, 11) is -3.26. The van der Waals surface area contributed by atoms with Gasteiger partial charge in [-0.25, -0.2) is 8.42 Å². The third-order valence-electron chi connectivity index (χ3n) is 9.17. The summed E-state index contributed by atoms with van der Waals surface area (Å²) in [6.45, 7) is 0.267. The van der Waals surface area contributed by atoms with Crippen LogP contribution in [0.4, 0.5) is 8.78 Å². The molecule has 8 nitrogen and oxygen atoms in total. The maximum atomic E-state index is 16.6. The Morgan fingerprint density at radius 2 is 1.60 bits per heavy atom. The number of hydrogen-bond acceptors (Lipinski definition) is 6. The van der Waals surface area contributed by atoms with Gasteiger partial charge in [-0.15, -0.1) is 0 Å². The molecular weight excluding hydrogens is 660 g/mol. The lowest BCUT2D eigenvalue weighted by atomic mass is 9.95. The number of rotatable bonds is 10. The number of nitrogens with two attached hydrogens (primary N) is 1. The van der Waals surface area contributed by atoms with Gasteiger partial charge >= 0.3 is 0 Å². The van der Waals surface area contributed by atoms with Gasteiger partial charge in [0, 0.05) is 35.3 Å². The number of carbonyl (C=O) groups is 1. The Balaban J connectivity index is 1.32. The van der Waals surface area contributed by atoms with E-state index >= 15 is 8.78 Å². The van der Waals surface area contributed by atoms with Gasteiger partial charge < -0.3 is 20.1 Å². The van der Waals surface area contributed by atoms with Crippen molar-refractivity contribution in [3.05, 3.63) is 89.4 Å². The van der Waals surface area contributed by atoms with Gasteiger partial charge in [0.15, 0.2) is 6.04 Å². The minimum atomic E-state index is -4.61. The molecule has 1 atom stereocenters. The smallest absolute Gasteiger partial charge is 0.298 e. The van der Waals surface area contributed by atoms with Crippen LogP contribution in [0.5, 0.6) is 11.5 Å². The number of hydrogen-bond donors (Lipinski definition) is 2. The summed E-state index contributed by atoms with van der Waals surface area (Å²) in [4.78, 5) is 14.8. The van der Waals surface area contributed by atoms with E-state index in [0.717, 1.165) is 37.1 Å². The number of halogens is 3. The summed E-state index contributed by atoms with van der Waals surface area (Å²) < 4.78 is 74.5. The van der Waals surface area contributed by atoms with E-state index in [1.54, 1.807) is 42.5 Å². The van der Waals surface area contributed by atoms with Gasteiger partial charge in [-0.1, -0.05) is 48.0 Å². The molecule has 2 fully saturated rings. The quantitative estimate of drug-likeness (QED) is 0.187. The molecule has 0 radical (unpaired) electrons. The van der Waals surface area contributed by atoms with Crippen LogP contribution in [0.15, 0.2) is 83.8 Å². The number of benzene rings is 4. The second kappa shape index (κ2) is 14.0. The molecule has 1 aliphatic carbocycles. The van der Waals surface area contributed by atoms with Crippen LogP contribution in [-0.2, 0) is 20.7 Å². The number of carbonyl (C=O) groups excluding carboxylic acids is 1. The van der Waals surface area contributed by atoms with Crippen LogP contribution in [0.2, 0.25) is 5.02 Å². The number of sulfonamides is 1. The highest BCUT2D eigenvalue weighted by Gasteiger charge is 2.50. The number of alkyl halides is 2. The number of piperidine rings is 1. The minimum Gasteiger partial charge on any atom is -0.496 e. The molecule has 0 unspecified atom stereocenters. The van der Waals surface area contributed by atoms with Crippen molar-refractivity contribution >= 4 is 38.3 Å². The van der Waals surface area contributed by atoms with E-state index in [9.17, 15) is 13.2 Å². The Morgan fingerprint density at radius 3 is 2.29 bits per heavy atom. The first-order valence-electron chi connectivity index (χ1n) is 16.0. The molecule has 3 N–H and O–H groups in total. The molecular formula is C36H38ClF2N3O5S. The van der Waals surface area contributed by atoms with Crippen molar-refractivity contribution in [2.45, 2.75) is 67.5 Å². The summed E-state index contributed by atoms with van der Waals surface area (Å²) >= 11 is 6.02. The van der Waals surface area contributed by atoms with Crippen molar-refractivity contribution in [1.29, 1.82) is 0 Å². The fourth-order valence-corrected chi connectivity index (χ4v) is 7.73. The molecule has 0 aromatic heterocycles. The molecule has 1 saturated heterocycles.